The zero-order chi connectivity index (χ0) is 11.5. The molecule has 1 heterocycles. The number of carbonyl (C=O) groups excluding carboxylic acids is 1. The van der Waals surface area contributed by atoms with Crippen molar-refractivity contribution < 1.29 is 4.79 Å². The van der Waals surface area contributed by atoms with Crippen molar-refractivity contribution in [3.05, 3.63) is 30.1 Å². The van der Waals surface area contributed by atoms with E-state index in [2.05, 4.69) is 31.1 Å². The van der Waals surface area contributed by atoms with Crippen molar-refractivity contribution in [1.29, 1.82) is 0 Å². The summed E-state index contributed by atoms with van der Waals surface area (Å²) in [5.41, 5.74) is 0.673. The first-order valence-electron chi connectivity index (χ1n) is 5.12. The normalized spacial score (nSPS) is 13.3. The molecule has 0 aromatic carbocycles. The summed E-state index contributed by atoms with van der Waals surface area (Å²) in [5, 5.41) is 2.96. The number of rotatable bonds is 2. The fourth-order valence-corrected chi connectivity index (χ4v) is 0.994. The van der Waals surface area contributed by atoms with E-state index in [4.69, 9.17) is 0 Å². The first-order valence-corrected chi connectivity index (χ1v) is 5.12. The van der Waals surface area contributed by atoms with Gasteiger partial charge in [0, 0.05) is 18.4 Å². The molecule has 15 heavy (non-hydrogen) atoms. The lowest BCUT2D eigenvalue weighted by Crippen LogP contribution is -2.41. The number of nitrogens with zero attached hydrogens (tertiary/aromatic N) is 1. The molecular formula is C12H18N2O. The highest BCUT2D eigenvalue weighted by atomic mass is 16.1. The Morgan fingerprint density at radius 2 is 2.13 bits per heavy atom. The first kappa shape index (κ1) is 11.7. The van der Waals surface area contributed by atoms with Crippen LogP contribution in [0.15, 0.2) is 24.5 Å². The Bertz CT molecular complexity index is 327. The Kier molecular flexibility index (Phi) is 3.45. The van der Waals surface area contributed by atoms with Crippen molar-refractivity contribution in [2.45, 2.75) is 33.7 Å². The van der Waals surface area contributed by atoms with Crippen LogP contribution in [0.1, 0.15) is 38.1 Å². The van der Waals surface area contributed by atoms with Crippen molar-refractivity contribution in [2.24, 2.45) is 5.41 Å². The Labute approximate surface area is 90.9 Å². The molecule has 0 radical (unpaired) electrons. The van der Waals surface area contributed by atoms with E-state index in [0.717, 1.165) is 0 Å². The average Bonchev–Trinajstić information content (AvgIpc) is 2.17. The minimum absolute atomic E-state index is 0.0643. The summed E-state index contributed by atoms with van der Waals surface area (Å²) in [6.45, 7) is 8.30. The highest BCUT2D eigenvalue weighted by Crippen LogP contribution is 2.18. The SMILES string of the molecule is C[C@@H](NC(=O)c1cccnc1)C(C)(C)C. The van der Waals surface area contributed by atoms with Crippen LogP contribution in [0.2, 0.25) is 0 Å². The number of hydrogen-bond acceptors (Lipinski definition) is 2. The topological polar surface area (TPSA) is 42.0 Å². The molecule has 0 unspecified atom stereocenters. The maximum absolute atomic E-state index is 11.8. The van der Waals surface area contributed by atoms with Gasteiger partial charge in [-0.3, -0.25) is 9.78 Å². The van der Waals surface area contributed by atoms with E-state index in [-0.39, 0.29) is 17.4 Å². The van der Waals surface area contributed by atoms with E-state index in [1.54, 1.807) is 24.5 Å². The first-order chi connectivity index (χ1) is 6.91. The van der Waals surface area contributed by atoms with Gasteiger partial charge >= 0.3 is 0 Å². The van der Waals surface area contributed by atoms with Gasteiger partial charge in [0.1, 0.15) is 0 Å². The molecule has 1 aromatic rings. The maximum atomic E-state index is 11.8. The molecule has 0 aliphatic rings. The molecule has 3 heteroatoms. The molecule has 0 spiro atoms. The van der Waals surface area contributed by atoms with Crippen molar-refractivity contribution in [3.8, 4) is 0 Å². The van der Waals surface area contributed by atoms with Crippen LogP contribution in [-0.2, 0) is 0 Å². The minimum Gasteiger partial charge on any atom is -0.349 e. The highest BCUT2D eigenvalue weighted by molar-refractivity contribution is 5.94. The fraction of sp³-hybridized carbons (Fsp3) is 0.500. The lowest BCUT2D eigenvalue weighted by atomic mass is 9.88. The lowest BCUT2D eigenvalue weighted by molar-refractivity contribution is 0.0910. The third-order valence-corrected chi connectivity index (χ3v) is 2.57. The quantitative estimate of drug-likeness (QED) is 0.806. The lowest BCUT2D eigenvalue weighted by Gasteiger charge is -2.28. The van der Waals surface area contributed by atoms with Crippen LogP contribution in [-0.4, -0.2) is 16.9 Å². The minimum atomic E-state index is -0.0643. The summed E-state index contributed by atoms with van der Waals surface area (Å²) in [4.78, 5) is 15.7. The summed E-state index contributed by atoms with van der Waals surface area (Å²) in [5.74, 6) is -0.0643. The van der Waals surface area contributed by atoms with Gasteiger partial charge in [0.2, 0.25) is 0 Å². The maximum Gasteiger partial charge on any atom is 0.253 e. The summed E-state index contributed by atoms with van der Waals surface area (Å²) in [6, 6.07) is 3.65. The molecule has 0 aliphatic heterocycles. The second kappa shape index (κ2) is 4.43. The Balaban J connectivity index is 2.65. The van der Waals surface area contributed by atoms with Crippen LogP contribution >= 0.6 is 0 Å². The average molecular weight is 206 g/mol. The molecule has 0 aliphatic carbocycles. The zero-order valence-corrected chi connectivity index (χ0v) is 9.74. The second-order valence-electron chi connectivity index (χ2n) is 4.80. The van der Waals surface area contributed by atoms with Gasteiger partial charge in [-0.1, -0.05) is 20.8 Å². The predicted octanol–water partition coefficient (Wildman–Crippen LogP) is 2.25. The number of hydrogen-bond donors (Lipinski definition) is 1. The van der Waals surface area contributed by atoms with Crippen LogP contribution < -0.4 is 5.32 Å². The van der Waals surface area contributed by atoms with Crippen molar-refractivity contribution in [3.63, 3.8) is 0 Å². The van der Waals surface area contributed by atoms with Crippen molar-refractivity contribution >= 4 is 5.91 Å². The number of aromatic nitrogens is 1. The predicted molar refractivity (Wildman–Crippen MR) is 60.6 cm³/mol. The van der Waals surface area contributed by atoms with Gasteiger partial charge in [0.15, 0.2) is 0 Å². The third kappa shape index (κ3) is 3.35. The van der Waals surface area contributed by atoms with Crippen LogP contribution in [0.4, 0.5) is 0 Å². The van der Waals surface area contributed by atoms with E-state index < -0.39 is 0 Å². The molecule has 1 amide bonds. The molecular weight excluding hydrogens is 188 g/mol. The standard InChI is InChI=1S/C12H18N2O/c1-9(12(2,3)4)14-11(15)10-6-5-7-13-8-10/h5-9H,1-4H3,(H,14,15)/t9-/m1/s1. The molecule has 0 bridgehead atoms. The molecule has 0 fully saturated rings. The van der Waals surface area contributed by atoms with Crippen LogP contribution in [0.25, 0.3) is 0 Å². The zero-order valence-electron chi connectivity index (χ0n) is 9.74. The van der Waals surface area contributed by atoms with Gasteiger partial charge in [-0.2, -0.15) is 0 Å². The molecule has 0 saturated heterocycles. The van der Waals surface area contributed by atoms with Gasteiger partial charge in [0.25, 0.3) is 5.91 Å². The second-order valence-corrected chi connectivity index (χ2v) is 4.80. The van der Waals surface area contributed by atoms with Gasteiger partial charge in [-0.15, -0.1) is 0 Å². The van der Waals surface area contributed by atoms with E-state index in [9.17, 15) is 4.79 Å². The van der Waals surface area contributed by atoms with E-state index >= 15 is 0 Å². The van der Waals surface area contributed by atoms with Crippen molar-refractivity contribution in [1.82, 2.24) is 10.3 Å². The summed E-state index contributed by atoms with van der Waals surface area (Å²) in [6.07, 6.45) is 3.23. The van der Waals surface area contributed by atoms with Crippen LogP contribution in [0.5, 0.6) is 0 Å². The van der Waals surface area contributed by atoms with E-state index in [1.807, 2.05) is 6.92 Å². The molecule has 82 valence electrons. The summed E-state index contributed by atoms with van der Waals surface area (Å²) < 4.78 is 0. The largest absolute Gasteiger partial charge is 0.349 e. The Hall–Kier alpha value is -1.38. The monoisotopic (exact) mass is 206 g/mol. The third-order valence-electron chi connectivity index (χ3n) is 2.57. The fourth-order valence-electron chi connectivity index (χ4n) is 0.994. The summed E-state index contributed by atoms with van der Waals surface area (Å²) >= 11 is 0. The van der Waals surface area contributed by atoms with E-state index in [1.165, 1.54) is 0 Å². The van der Waals surface area contributed by atoms with Gasteiger partial charge in [-0.25, -0.2) is 0 Å². The number of carbonyl (C=O) groups is 1. The Morgan fingerprint density at radius 3 is 2.60 bits per heavy atom. The number of amides is 1. The van der Waals surface area contributed by atoms with Crippen LogP contribution in [0, 0.1) is 5.41 Å². The van der Waals surface area contributed by atoms with Gasteiger partial charge in [-0.05, 0) is 24.5 Å². The molecule has 1 atom stereocenters. The highest BCUT2D eigenvalue weighted by Gasteiger charge is 2.21. The number of pyridine rings is 1. The van der Waals surface area contributed by atoms with Crippen LogP contribution in [0.3, 0.4) is 0 Å². The van der Waals surface area contributed by atoms with Gasteiger partial charge < -0.3 is 5.32 Å². The molecule has 1 aromatic heterocycles. The van der Waals surface area contributed by atoms with E-state index in [0.29, 0.717) is 5.56 Å². The molecule has 0 saturated carbocycles. The smallest absolute Gasteiger partial charge is 0.253 e. The van der Waals surface area contributed by atoms with Gasteiger partial charge in [0.05, 0.1) is 5.56 Å². The molecule has 3 nitrogen and oxygen atoms in total. The molecule has 1 N–H and O–H groups in total. The summed E-state index contributed by atoms with van der Waals surface area (Å²) in [7, 11) is 0. The Morgan fingerprint density at radius 1 is 1.47 bits per heavy atom. The molecule has 1 rings (SSSR count). The van der Waals surface area contributed by atoms with Crippen molar-refractivity contribution in [2.75, 3.05) is 0 Å². The number of nitrogens with one attached hydrogen (secondary N) is 1.